The van der Waals surface area contributed by atoms with Crippen molar-refractivity contribution in [3.63, 3.8) is 0 Å². The lowest BCUT2D eigenvalue weighted by molar-refractivity contribution is 0.436. The minimum atomic E-state index is 0.577. The van der Waals surface area contributed by atoms with Crippen molar-refractivity contribution in [2.24, 2.45) is 0 Å². The summed E-state index contributed by atoms with van der Waals surface area (Å²) in [5, 5.41) is 2.75. The number of allylic oxidation sites excluding steroid dienone is 5. The molecule has 80 valence electrons. The largest absolute Gasteiger partial charge is 0.367 e. The molecule has 0 aromatic heterocycles. The Balaban J connectivity index is 2.00. The van der Waals surface area contributed by atoms with Gasteiger partial charge in [-0.25, -0.2) is 0 Å². The van der Waals surface area contributed by atoms with E-state index < -0.39 is 0 Å². The molecule has 0 saturated heterocycles. The molecule has 2 aliphatic rings. The molecule has 1 unspecified atom stereocenters. The van der Waals surface area contributed by atoms with E-state index in [1.807, 2.05) is 11.8 Å². The minimum Gasteiger partial charge on any atom is -0.367 e. The molecule has 0 bridgehead atoms. The second kappa shape index (κ2) is 4.75. The van der Waals surface area contributed by atoms with E-state index in [1.54, 1.807) is 0 Å². The van der Waals surface area contributed by atoms with Crippen molar-refractivity contribution < 1.29 is 0 Å². The molecule has 1 heterocycles. The summed E-state index contributed by atoms with van der Waals surface area (Å²) < 4.78 is 0. The quantitative estimate of drug-likeness (QED) is 0.697. The third-order valence-electron chi connectivity index (χ3n) is 2.75. The van der Waals surface area contributed by atoms with Crippen molar-refractivity contribution in [1.29, 1.82) is 0 Å². The number of nitrogens with zero attached hydrogens (tertiary/aromatic N) is 1. The smallest absolute Gasteiger partial charge is 0.0823 e. The second-order valence-electron chi connectivity index (χ2n) is 4.11. The van der Waals surface area contributed by atoms with Crippen molar-refractivity contribution in [2.75, 3.05) is 7.05 Å². The molecule has 15 heavy (non-hydrogen) atoms. The van der Waals surface area contributed by atoms with Crippen LogP contribution < -0.4 is 0 Å². The van der Waals surface area contributed by atoms with E-state index in [0.717, 1.165) is 12.8 Å². The fraction of sp³-hybridized carbons (Fsp3) is 0.385. The van der Waals surface area contributed by atoms with E-state index in [4.69, 9.17) is 0 Å². The van der Waals surface area contributed by atoms with E-state index >= 15 is 0 Å². The third kappa shape index (κ3) is 2.78. The number of thioether (sulfide) groups is 1. The lowest BCUT2D eigenvalue weighted by Crippen LogP contribution is -2.19. The maximum absolute atomic E-state index is 2.28. The van der Waals surface area contributed by atoms with Crippen molar-refractivity contribution in [3.8, 4) is 0 Å². The van der Waals surface area contributed by atoms with Gasteiger partial charge in [0.05, 0.1) is 5.37 Å². The van der Waals surface area contributed by atoms with E-state index in [1.165, 1.54) is 11.1 Å². The van der Waals surface area contributed by atoms with Gasteiger partial charge >= 0.3 is 0 Å². The van der Waals surface area contributed by atoms with E-state index in [9.17, 15) is 0 Å². The first-order valence-corrected chi connectivity index (χ1v) is 6.27. The number of hydrogen-bond donors (Lipinski definition) is 0. The standard InChI is InChI=1S/C13H17NS/c1-11-4-3-5-12(7-6-11)10-13-14(2)8-9-15-13/h3,5-9,13H,4,10H2,1-2H3. The van der Waals surface area contributed by atoms with E-state index in [-0.39, 0.29) is 0 Å². The molecule has 2 heteroatoms. The molecule has 0 amide bonds. The normalized spacial score (nSPS) is 25.2. The molecule has 0 spiro atoms. The summed E-state index contributed by atoms with van der Waals surface area (Å²) in [4.78, 5) is 2.28. The first-order valence-electron chi connectivity index (χ1n) is 5.32. The van der Waals surface area contributed by atoms with Crippen LogP contribution in [0.5, 0.6) is 0 Å². The fourth-order valence-corrected chi connectivity index (χ4v) is 2.71. The van der Waals surface area contributed by atoms with Gasteiger partial charge in [-0.2, -0.15) is 0 Å². The molecule has 1 atom stereocenters. The van der Waals surface area contributed by atoms with Gasteiger partial charge in [0, 0.05) is 19.7 Å². The van der Waals surface area contributed by atoms with Crippen molar-refractivity contribution in [1.82, 2.24) is 4.90 Å². The molecule has 1 aliphatic carbocycles. The molecule has 0 N–H and O–H groups in total. The summed E-state index contributed by atoms with van der Waals surface area (Å²) >= 11 is 1.90. The van der Waals surface area contributed by atoms with Gasteiger partial charge in [0.2, 0.25) is 0 Å². The Morgan fingerprint density at radius 2 is 2.33 bits per heavy atom. The Morgan fingerprint density at radius 1 is 1.47 bits per heavy atom. The summed E-state index contributed by atoms with van der Waals surface area (Å²) in [6.45, 7) is 2.18. The van der Waals surface area contributed by atoms with Crippen molar-refractivity contribution >= 4 is 11.8 Å². The van der Waals surface area contributed by atoms with Crippen molar-refractivity contribution in [2.45, 2.75) is 25.1 Å². The Kier molecular flexibility index (Phi) is 3.37. The van der Waals surface area contributed by atoms with Crippen LogP contribution >= 0.6 is 11.8 Å². The van der Waals surface area contributed by atoms with Crippen molar-refractivity contribution in [3.05, 3.63) is 47.1 Å². The maximum Gasteiger partial charge on any atom is 0.0823 e. The zero-order chi connectivity index (χ0) is 10.7. The predicted octanol–water partition coefficient (Wildman–Crippen LogP) is 3.69. The Hall–Kier alpha value is -0.890. The Morgan fingerprint density at radius 3 is 3.07 bits per heavy atom. The molecule has 0 fully saturated rings. The van der Waals surface area contributed by atoms with E-state index in [2.05, 4.69) is 54.8 Å². The van der Waals surface area contributed by atoms with Crippen LogP contribution in [0.3, 0.4) is 0 Å². The highest BCUT2D eigenvalue weighted by molar-refractivity contribution is 8.02. The molecule has 0 saturated carbocycles. The zero-order valence-electron chi connectivity index (χ0n) is 9.31. The van der Waals surface area contributed by atoms with Crippen LogP contribution in [0.25, 0.3) is 0 Å². The lowest BCUT2D eigenvalue weighted by Gasteiger charge is -2.19. The van der Waals surface area contributed by atoms with Gasteiger partial charge in [-0.3, -0.25) is 0 Å². The molecule has 0 aromatic carbocycles. The molecule has 1 aliphatic heterocycles. The average Bonchev–Trinajstić information content (AvgIpc) is 2.48. The van der Waals surface area contributed by atoms with Crippen LogP contribution in [-0.4, -0.2) is 17.3 Å². The molecule has 0 radical (unpaired) electrons. The van der Waals surface area contributed by atoms with E-state index in [0.29, 0.717) is 5.37 Å². The summed E-state index contributed by atoms with van der Waals surface area (Å²) in [6.07, 6.45) is 13.4. The van der Waals surface area contributed by atoms with Crippen LogP contribution in [0.2, 0.25) is 0 Å². The van der Waals surface area contributed by atoms with Gasteiger partial charge in [-0.05, 0) is 24.3 Å². The van der Waals surface area contributed by atoms with Gasteiger partial charge in [-0.15, -0.1) is 11.8 Å². The third-order valence-corrected chi connectivity index (χ3v) is 3.84. The fourth-order valence-electron chi connectivity index (χ4n) is 1.71. The Labute approximate surface area is 96.2 Å². The minimum absolute atomic E-state index is 0.577. The van der Waals surface area contributed by atoms with Gasteiger partial charge in [0.25, 0.3) is 0 Å². The Bertz CT molecular complexity index is 350. The van der Waals surface area contributed by atoms with Gasteiger partial charge in [0.15, 0.2) is 0 Å². The van der Waals surface area contributed by atoms with Gasteiger partial charge < -0.3 is 4.90 Å². The van der Waals surface area contributed by atoms with Crippen LogP contribution in [0.1, 0.15) is 19.8 Å². The average molecular weight is 219 g/mol. The maximum atomic E-state index is 2.28. The molecule has 2 rings (SSSR count). The van der Waals surface area contributed by atoms with Crippen LogP contribution in [0.4, 0.5) is 0 Å². The highest BCUT2D eigenvalue weighted by atomic mass is 32.2. The zero-order valence-corrected chi connectivity index (χ0v) is 10.1. The topological polar surface area (TPSA) is 3.24 Å². The van der Waals surface area contributed by atoms with Crippen LogP contribution in [0.15, 0.2) is 47.1 Å². The van der Waals surface area contributed by atoms with Crippen LogP contribution in [-0.2, 0) is 0 Å². The first kappa shape index (κ1) is 10.6. The number of hydrogen-bond acceptors (Lipinski definition) is 2. The SMILES string of the molecule is CC1=CC=C(CC2SC=CN2C)C=CC1. The van der Waals surface area contributed by atoms with Crippen LogP contribution in [0, 0.1) is 0 Å². The molecular weight excluding hydrogens is 202 g/mol. The highest BCUT2D eigenvalue weighted by Gasteiger charge is 2.16. The summed E-state index contributed by atoms with van der Waals surface area (Å²) in [6, 6.07) is 0. The molecular formula is C13H17NS. The monoisotopic (exact) mass is 219 g/mol. The summed E-state index contributed by atoms with van der Waals surface area (Å²) in [7, 11) is 2.14. The van der Waals surface area contributed by atoms with Gasteiger partial charge in [0.1, 0.15) is 0 Å². The first-order chi connectivity index (χ1) is 7.25. The molecule has 1 nitrogen and oxygen atoms in total. The second-order valence-corrected chi connectivity index (χ2v) is 5.20. The number of rotatable bonds is 2. The molecule has 0 aromatic rings. The highest BCUT2D eigenvalue weighted by Crippen LogP contribution is 2.29. The summed E-state index contributed by atoms with van der Waals surface area (Å²) in [5.41, 5.74) is 2.87. The van der Waals surface area contributed by atoms with Gasteiger partial charge in [-0.1, -0.05) is 29.9 Å². The predicted molar refractivity (Wildman–Crippen MR) is 68.5 cm³/mol. The summed E-state index contributed by atoms with van der Waals surface area (Å²) in [5.74, 6) is 0. The lowest BCUT2D eigenvalue weighted by atomic mass is 10.1.